The minimum Gasteiger partial charge on any atom is -0.357 e. The fraction of sp³-hybridized carbons (Fsp3) is 0.444. The first-order valence-corrected chi connectivity index (χ1v) is 4.71. The van der Waals surface area contributed by atoms with Gasteiger partial charge in [0, 0.05) is 27.3 Å². The molecule has 0 unspecified atom stereocenters. The maximum absolute atomic E-state index is 4.28. The van der Waals surface area contributed by atoms with Crippen molar-refractivity contribution in [3.63, 3.8) is 0 Å². The van der Waals surface area contributed by atoms with Gasteiger partial charge < -0.3 is 5.32 Å². The van der Waals surface area contributed by atoms with Crippen LogP contribution in [0.1, 0.15) is 5.69 Å². The Labute approximate surface area is 87.9 Å². The summed E-state index contributed by atoms with van der Waals surface area (Å²) in [5.74, 6) is 1.57. The fourth-order valence-corrected chi connectivity index (χ4v) is 1.60. The predicted octanol–water partition coefficient (Wildman–Crippen LogP) is 0.566. The van der Waals surface area contributed by atoms with E-state index in [1.165, 1.54) is 0 Å². The van der Waals surface area contributed by atoms with Gasteiger partial charge in [-0.25, -0.2) is 0 Å². The number of aryl methyl sites for hydroxylation is 2. The van der Waals surface area contributed by atoms with E-state index in [0.717, 1.165) is 23.0 Å². The lowest BCUT2D eigenvalue weighted by molar-refractivity contribution is 0.756. The molecule has 0 fully saturated rings. The summed E-state index contributed by atoms with van der Waals surface area (Å²) >= 11 is 0. The molecular formula is C9H14N6. The number of aromatic nitrogens is 5. The first-order chi connectivity index (χ1) is 7.13. The molecule has 0 aliphatic carbocycles. The zero-order chi connectivity index (χ0) is 11.0. The highest BCUT2D eigenvalue weighted by atomic mass is 15.3. The third-order valence-corrected chi connectivity index (χ3v) is 2.35. The number of hydrogen-bond acceptors (Lipinski definition) is 4. The van der Waals surface area contributed by atoms with Gasteiger partial charge in [0.1, 0.15) is 0 Å². The second-order valence-corrected chi connectivity index (χ2v) is 3.46. The van der Waals surface area contributed by atoms with E-state index in [9.17, 15) is 0 Å². The van der Waals surface area contributed by atoms with E-state index < -0.39 is 0 Å². The summed E-state index contributed by atoms with van der Waals surface area (Å²) in [6.07, 6.45) is 1.94. The molecule has 6 nitrogen and oxygen atoms in total. The average Bonchev–Trinajstić information content (AvgIpc) is 2.69. The molecule has 0 radical (unpaired) electrons. The monoisotopic (exact) mass is 206 g/mol. The molecule has 15 heavy (non-hydrogen) atoms. The van der Waals surface area contributed by atoms with Gasteiger partial charge in [0.15, 0.2) is 5.82 Å². The molecule has 0 aliphatic rings. The lowest BCUT2D eigenvalue weighted by Crippen LogP contribution is -1.99. The lowest BCUT2D eigenvalue weighted by Gasteiger charge is -2.01. The van der Waals surface area contributed by atoms with Gasteiger partial charge in [-0.05, 0) is 6.92 Å². The molecule has 0 bridgehead atoms. The van der Waals surface area contributed by atoms with Crippen LogP contribution in [0.2, 0.25) is 0 Å². The van der Waals surface area contributed by atoms with E-state index in [1.807, 2.05) is 38.8 Å². The molecule has 2 aromatic rings. The Morgan fingerprint density at radius 2 is 2.00 bits per heavy atom. The minimum absolute atomic E-state index is 0.744. The smallest absolute Gasteiger partial charge is 0.224 e. The maximum Gasteiger partial charge on any atom is 0.224 e. The molecule has 0 spiro atoms. The Morgan fingerprint density at radius 3 is 2.47 bits per heavy atom. The molecule has 0 atom stereocenters. The first kappa shape index (κ1) is 9.70. The van der Waals surface area contributed by atoms with Crippen molar-refractivity contribution in [1.82, 2.24) is 24.5 Å². The summed E-state index contributed by atoms with van der Waals surface area (Å²) in [6.45, 7) is 1.96. The van der Waals surface area contributed by atoms with Crippen LogP contribution in [0.15, 0.2) is 6.20 Å². The lowest BCUT2D eigenvalue weighted by atomic mass is 10.2. The van der Waals surface area contributed by atoms with Crippen LogP contribution in [-0.4, -0.2) is 31.6 Å². The number of nitrogens with zero attached hydrogens (tertiary/aromatic N) is 5. The van der Waals surface area contributed by atoms with Crippen LogP contribution in [0.5, 0.6) is 0 Å². The Kier molecular flexibility index (Phi) is 2.18. The van der Waals surface area contributed by atoms with Crippen molar-refractivity contribution in [2.24, 2.45) is 14.1 Å². The van der Waals surface area contributed by atoms with Crippen LogP contribution in [0.3, 0.4) is 0 Å². The summed E-state index contributed by atoms with van der Waals surface area (Å²) < 4.78 is 3.68. The van der Waals surface area contributed by atoms with Crippen molar-refractivity contribution in [3.05, 3.63) is 11.9 Å². The zero-order valence-corrected chi connectivity index (χ0v) is 9.31. The topological polar surface area (TPSA) is 60.6 Å². The molecule has 0 amide bonds. The van der Waals surface area contributed by atoms with Crippen LogP contribution < -0.4 is 5.32 Å². The Hall–Kier alpha value is -1.85. The number of nitrogens with one attached hydrogen (secondary N) is 1. The van der Waals surface area contributed by atoms with Crippen molar-refractivity contribution in [2.45, 2.75) is 6.92 Å². The number of hydrogen-bond donors (Lipinski definition) is 1. The molecule has 0 aliphatic heterocycles. The molecule has 80 valence electrons. The molecule has 0 saturated heterocycles. The quantitative estimate of drug-likeness (QED) is 0.780. The van der Waals surface area contributed by atoms with Gasteiger partial charge in [-0.15, -0.1) is 10.2 Å². The summed E-state index contributed by atoms with van der Waals surface area (Å²) in [7, 11) is 5.64. The highest BCUT2D eigenvalue weighted by Gasteiger charge is 2.13. The number of rotatable bonds is 2. The van der Waals surface area contributed by atoms with Gasteiger partial charge in [-0.2, -0.15) is 5.10 Å². The molecule has 2 aromatic heterocycles. The van der Waals surface area contributed by atoms with Gasteiger partial charge in [-0.3, -0.25) is 9.25 Å². The van der Waals surface area contributed by atoms with Crippen LogP contribution in [0.25, 0.3) is 11.4 Å². The van der Waals surface area contributed by atoms with Gasteiger partial charge >= 0.3 is 0 Å². The van der Waals surface area contributed by atoms with Gasteiger partial charge in [-0.1, -0.05) is 0 Å². The summed E-state index contributed by atoms with van der Waals surface area (Å²) in [5, 5.41) is 15.4. The Morgan fingerprint density at radius 1 is 1.27 bits per heavy atom. The third kappa shape index (κ3) is 1.47. The van der Waals surface area contributed by atoms with Crippen molar-refractivity contribution in [2.75, 3.05) is 12.4 Å². The number of anilines is 1. The highest BCUT2D eigenvalue weighted by Crippen LogP contribution is 2.21. The SMILES string of the molecule is CNc1nnc(-c2cn(C)nc2C)n1C. The Bertz CT molecular complexity index is 481. The average molecular weight is 206 g/mol. The standard InChI is InChI=1S/C9H14N6/c1-6-7(5-14(3)13-6)8-11-12-9(10-2)15(8)4/h5H,1-4H3,(H,10,12). The van der Waals surface area contributed by atoms with Crippen LogP contribution in [0, 0.1) is 6.92 Å². The van der Waals surface area contributed by atoms with E-state index >= 15 is 0 Å². The molecule has 2 heterocycles. The van der Waals surface area contributed by atoms with Crippen molar-refractivity contribution >= 4 is 5.95 Å². The molecule has 0 saturated carbocycles. The Balaban J connectivity index is 2.54. The van der Waals surface area contributed by atoms with Crippen molar-refractivity contribution in [1.29, 1.82) is 0 Å². The maximum atomic E-state index is 4.28. The van der Waals surface area contributed by atoms with E-state index in [-0.39, 0.29) is 0 Å². The predicted molar refractivity (Wildman–Crippen MR) is 57.5 cm³/mol. The normalized spacial score (nSPS) is 10.7. The summed E-state index contributed by atoms with van der Waals surface area (Å²) in [5.41, 5.74) is 1.96. The second kappa shape index (κ2) is 3.38. The zero-order valence-electron chi connectivity index (χ0n) is 9.31. The molecule has 0 aromatic carbocycles. The largest absolute Gasteiger partial charge is 0.357 e. The summed E-state index contributed by atoms with van der Waals surface area (Å²) in [4.78, 5) is 0. The molecule has 1 N–H and O–H groups in total. The van der Waals surface area contributed by atoms with E-state index in [1.54, 1.807) is 4.68 Å². The molecular weight excluding hydrogens is 192 g/mol. The van der Waals surface area contributed by atoms with Crippen LogP contribution >= 0.6 is 0 Å². The first-order valence-electron chi connectivity index (χ1n) is 4.71. The highest BCUT2D eigenvalue weighted by molar-refractivity contribution is 5.58. The molecule has 2 rings (SSSR count). The van der Waals surface area contributed by atoms with Gasteiger partial charge in [0.2, 0.25) is 5.95 Å². The van der Waals surface area contributed by atoms with Crippen molar-refractivity contribution in [3.8, 4) is 11.4 Å². The van der Waals surface area contributed by atoms with E-state index in [0.29, 0.717) is 0 Å². The minimum atomic E-state index is 0.744. The molecule has 6 heteroatoms. The second-order valence-electron chi connectivity index (χ2n) is 3.46. The van der Waals surface area contributed by atoms with Crippen LogP contribution in [-0.2, 0) is 14.1 Å². The fourth-order valence-electron chi connectivity index (χ4n) is 1.60. The van der Waals surface area contributed by atoms with Crippen molar-refractivity contribution < 1.29 is 0 Å². The van der Waals surface area contributed by atoms with E-state index in [4.69, 9.17) is 0 Å². The summed E-state index contributed by atoms with van der Waals surface area (Å²) in [6, 6.07) is 0. The van der Waals surface area contributed by atoms with Crippen LogP contribution in [0.4, 0.5) is 5.95 Å². The van der Waals surface area contributed by atoms with Gasteiger partial charge in [0.05, 0.1) is 11.3 Å². The van der Waals surface area contributed by atoms with E-state index in [2.05, 4.69) is 20.6 Å². The van der Waals surface area contributed by atoms with Gasteiger partial charge in [0.25, 0.3) is 0 Å². The third-order valence-electron chi connectivity index (χ3n) is 2.35.